The molecule has 156 valence electrons. The van der Waals surface area contributed by atoms with E-state index in [0.717, 1.165) is 6.20 Å². The number of carbonyl (C=O) groups is 1. The minimum Gasteiger partial charge on any atom is -0.493 e. The number of aromatic nitrogens is 4. The Labute approximate surface area is 174 Å². The number of nitrogens with zero attached hydrogens (tertiary/aromatic N) is 6. The van der Waals surface area contributed by atoms with E-state index in [-0.39, 0.29) is 23.1 Å². The maximum absolute atomic E-state index is 12.0. The van der Waals surface area contributed by atoms with Gasteiger partial charge in [-0.2, -0.15) is 15.3 Å². The Balaban J connectivity index is 1.63. The van der Waals surface area contributed by atoms with Gasteiger partial charge in [0.15, 0.2) is 23.9 Å². The van der Waals surface area contributed by atoms with E-state index in [4.69, 9.17) is 21.1 Å². The first kappa shape index (κ1) is 20.8. The van der Waals surface area contributed by atoms with Crippen molar-refractivity contribution >= 4 is 29.4 Å². The molecule has 13 heteroatoms. The number of hydrazone groups is 1. The Morgan fingerprint density at radius 2 is 2.20 bits per heavy atom. The maximum atomic E-state index is 12.0. The van der Waals surface area contributed by atoms with E-state index in [9.17, 15) is 14.9 Å². The van der Waals surface area contributed by atoms with Crippen molar-refractivity contribution in [1.29, 1.82) is 0 Å². The average Bonchev–Trinajstić information content (AvgIpc) is 3.32. The van der Waals surface area contributed by atoms with Gasteiger partial charge in [0.25, 0.3) is 5.91 Å². The van der Waals surface area contributed by atoms with Gasteiger partial charge in [-0.3, -0.25) is 19.6 Å². The van der Waals surface area contributed by atoms with E-state index in [1.807, 2.05) is 0 Å². The summed E-state index contributed by atoms with van der Waals surface area (Å²) in [5, 5.41) is 22.6. The molecule has 0 bridgehead atoms. The zero-order valence-corrected chi connectivity index (χ0v) is 16.6. The van der Waals surface area contributed by atoms with Crippen molar-refractivity contribution in [3.8, 4) is 11.5 Å². The molecule has 0 atom stereocenters. The van der Waals surface area contributed by atoms with Crippen molar-refractivity contribution in [3.63, 3.8) is 0 Å². The Hall–Kier alpha value is -3.93. The van der Waals surface area contributed by atoms with Crippen LogP contribution < -0.4 is 14.9 Å². The molecule has 0 aliphatic carbocycles. The molecule has 3 aromatic rings. The molecule has 2 aromatic heterocycles. The third kappa shape index (κ3) is 4.91. The first-order chi connectivity index (χ1) is 14.4. The van der Waals surface area contributed by atoms with E-state index >= 15 is 0 Å². The number of methoxy groups -OCH3 is 1. The highest BCUT2D eigenvalue weighted by molar-refractivity contribution is 6.33. The smallest absolute Gasteiger partial charge is 0.307 e. The normalized spacial score (nSPS) is 10.9. The maximum Gasteiger partial charge on any atom is 0.307 e. The topological polar surface area (TPSA) is 139 Å². The molecule has 0 spiro atoms. The fraction of sp³-hybridized carbons (Fsp3) is 0.176. The highest BCUT2D eigenvalue weighted by Crippen LogP contribution is 2.28. The van der Waals surface area contributed by atoms with Gasteiger partial charge in [0, 0.05) is 13.2 Å². The lowest BCUT2D eigenvalue weighted by atomic mass is 10.2. The first-order valence-electron chi connectivity index (χ1n) is 8.37. The zero-order chi connectivity index (χ0) is 21.7. The first-order valence-corrected chi connectivity index (χ1v) is 8.75. The summed E-state index contributed by atoms with van der Waals surface area (Å²) >= 11 is 5.92. The molecule has 1 amide bonds. The van der Waals surface area contributed by atoms with Gasteiger partial charge in [-0.05, 0) is 23.8 Å². The summed E-state index contributed by atoms with van der Waals surface area (Å²) in [7, 11) is 3.11. The lowest BCUT2D eigenvalue weighted by Crippen LogP contribution is -2.18. The molecule has 3 rings (SSSR count). The van der Waals surface area contributed by atoms with Crippen molar-refractivity contribution in [2.45, 2.75) is 6.73 Å². The van der Waals surface area contributed by atoms with E-state index in [2.05, 4.69) is 20.7 Å². The number of ether oxygens (including phenoxy) is 2. The van der Waals surface area contributed by atoms with Gasteiger partial charge in [0.05, 0.1) is 23.3 Å². The van der Waals surface area contributed by atoms with Gasteiger partial charge >= 0.3 is 5.69 Å². The quantitative estimate of drug-likeness (QED) is 0.325. The lowest BCUT2D eigenvalue weighted by Gasteiger charge is -2.11. The number of aryl methyl sites for hydroxylation is 1. The Morgan fingerprint density at radius 1 is 1.40 bits per heavy atom. The summed E-state index contributed by atoms with van der Waals surface area (Å²) in [4.78, 5) is 22.2. The number of halogens is 1. The summed E-state index contributed by atoms with van der Waals surface area (Å²) < 4.78 is 13.6. The largest absolute Gasteiger partial charge is 0.493 e. The number of carbonyl (C=O) groups excluding carboxylic acids is 1. The van der Waals surface area contributed by atoms with Crippen LogP contribution in [0, 0.1) is 10.1 Å². The predicted octanol–water partition coefficient (Wildman–Crippen LogP) is 1.99. The predicted molar refractivity (Wildman–Crippen MR) is 106 cm³/mol. The third-order valence-corrected chi connectivity index (χ3v) is 4.03. The lowest BCUT2D eigenvalue weighted by molar-refractivity contribution is -0.385. The molecule has 0 fully saturated rings. The number of benzene rings is 1. The minimum absolute atomic E-state index is 0.0431. The summed E-state index contributed by atoms with van der Waals surface area (Å²) in [6.45, 7) is -0.0431. The average molecular weight is 434 g/mol. The molecule has 1 N–H and O–H groups in total. The van der Waals surface area contributed by atoms with Crippen LogP contribution in [-0.2, 0) is 13.8 Å². The number of nitrogens with one attached hydrogen (secondary N) is 1. The van der Waals surface area contributed by atoms with Crippen LogP contribution >= 0.6 is 11.6 Å². The van der Waals surface area contributed by atoms with Crippen LogP contribution in [0.5, 0.6) is 11.5 Å². The van der Waals surface area contributed by atoms with Crippen LogP contribution in [0.25, 0.3) is 0 Å². The number of hydrogen-bond donors (Lipinski definition) is 1. The van der Waals surface area contributed by atoms with Gasteiger partial charge in [-0.15, -0.1) is 0 Å². The second-order valence-electron chi connectivity index (χ2n) is 5.88. The van der Waals surface area contributed by atoms with Crippen molar-refractivity contribution in [2.75, 3.05) is 7.11 Å². The van der Waals surface area contributed by atoms with Crippen LogP contribution in [0.2, 0.25) is 5.02 Å². The Kier molecular flexibility index (Phi) is 6.27. The van der Waals surface area contributed by atoms with Crippen LogP contribution in [0.1, 0.15) is 16.1 Å². The van der Waals surface area contributed by atoms with Crippen molar-refractivity contribution in [3.05, 3.63) is 63.2 Å². The van der Waals surface area contributed by atoms with Gasteiger partial charge in [-0.25, -0.2) is 10.1 Å². The second-order valence-corrected chi connectivity index (χ2v) is 6.28. The van der Waals surface area contributed by atoms with Crippen molar-refractivity contribution in [1.82, 2.24) is 25.0 Å². The zero-order valence-electron chi connectivity index (χ0n) is 15.9. The fourth-order valence-electron chi connectivity index (χ4n) is 2.37. The van der Waals surface area contributed by atoms with Crippen LogP contribution in [0.3, 0.4) is 0 Å². The molecule has 0 aliphatic heterocycles. The van der Waals surface area contributed by atoms with Gasteiger partial charge < -0.3 is 9.47 Å². The standard InChI is InChI=1S/C17H16ClN7O5/c1-23-9-13(18)16(22-23)17(26)21-19-6-11-3-4-14(15(5-11)29-2)30-10-24-8-12(7-20-24)25(27)28/h3-9H,10H2,1-2H3,(H,21,26)/b19-6-. The summed E-state index contributed by atoms with van der Waals surface area (Å²) in [6, 6.07) is 4.96. The summed E-state index contributed by atoms with van der Waals surface area (Å²) in [5.41, 5.74) is 2.90. The molecule has 0 saturated heterocycles. The molecule has 1 aromatic carbocycles. The summed E-state index contributed by atoms with van der Waals surface area (Å²) in [6.07, 6.45) is 5.31. The SMILES string of the molecule is COc1cc(/C=N\NC(=O)c2nn(C)cc2Cl)ccc1OCn1cc([N+](=O)[O-])cn1. The highest BCUT2D eigenvalue weighted by atomic mass is 35.5. The fourth-order valence-corrected chi connectivity index (χ4v) is 2.63. The monoisotopic (exact) mass is 433 g/mol. The van der Waals surface area contributed by atoms with Crippen molar-refractivity contribution < 1.29 is 19.2 Å². The summed E-state index contributed by atoms with van der Waals surface area (Å²) in [5.74, 6) is 0.258. The molecule has 12 nitrogen and oxygen atoms in total. The van der Waals surface area contributed by atoms with E-state index in [1.165, 1.54) is 35.1 Å². The minimum atomic E-state index is -0.544. The van der Waals surface area contributed by atoms with Gasteiger partial charge in [-0.1, -0.05) is 11.6 Å². The van der Waals surface area contributed by atoms with E-state index in [1.54, 1.807) is 25.2 Å². The van der Waals surface area contributed by atoms with Gasteiger partial charge in [0.1, 0.15) is 12.4 Å². The number of nitro groups is 1. The van der Waals surface area contributed by atoms with Crippen LogP contribution in [0.15, 0.2) is 41.9 Å². The molecule has 2 heterocycles. The number of rotatable bonds is 8. The molecule has 30 heavy (non-hydrogen) atoms. The van der Waals surface area contributed by atoms with Gasteiger partial charge in [0.2, 0.25) is 0 Å². The van der Waals surface area contributed by atoms with E-state index < -0.39 is 10.8 Å². The highest BCUT2D eigenvalue weighted by Gasteiger charge is 2.14. The molecule has 0 saturated carbocycles. The molecular weight excluding hydrogens is 418 g/mol. The van der Waals surface area contributed by atoms with Crippen molar-refractivity contribution in [2.24, 2.45) is 12.1 Å². The molecule has 0 radical (unpaired) electrons. The number of amides is 1. The third-order valence-electron chi connectivity index (χ3n) is 3.75. The second kappa shape index (κ2) is 9.05. The number of hydrogen-bond acceptors (Lipinski definition) is 8. The molecule has 0 aliphatic rings. The van der Waals surface area contributed by atoms with E-state index in [0.29, 0.717) is 17.1 Å². The van der Waals surface area contributed by atoms with Crippen LogP contribution in [0.4, 0.5) is 5.69 Å². The Morgan fingerprint density at radius 3 is 2.83 bits per heavy atom. The Bertz CT molecular complexity index is 1110. The molecular formula is C17H16ClN7O5. The van der Waals surface area contributed by atoms with Crippen LogP contribution in [-0.4, -0.2) is 43.7 Å². The molecule has 0 unspecified atom stereocenters.